The SMILES string of the molecule is CC(C)C(NC(=O)C(CC(N)=O)NC(=O)C(CO)NC(=O)C(N)Cc1ccc(O)cc1)C(=O)O. The number of hydrogen-bond acceptors (Lipinski definition) is 8. The van der Waals surface area contributed by atoms with Gasteiger partial charge in [-0.15, -0.1) is 0 Å². The number of aliphatic hydroxyl groups excluding tert-OH is 1. The van der Waals surface area contributed by atoms with Crippen LogP contribution in [0, 0.1) is 5.92 Å². The summed E-state index contributed by atoms with van der Waals surface area (Å²) in [6, 6.07) is 0.527. The second kappa shape index (κ2) is 13.1. The van der Waals surface area contributed by atoms with Crippen molar-refractivity contribution in [2.24, 2.45) is 17.4 Å². The zero-order valence-corrected chi connectivity index (χ0v) is 18.9. The molecule has 0 bridgehead atoms. The maximum absolute atomic E-state index is 12.6. The topological polar surface area (TPSA) is 234 Å². The number of hydrogen-bond donors (Lipinski definition) is 8. The molecule has 1 rings (SSSR count). The van der Waals surface area contributed by atoms with Crippen LogP contribution in [0.15, 0.2) is 24.3 Å². The summed E-state index contributed by atoms with van der Waals surface area (Å²) >= 11 is 0. The fourth-order valence-corrected chi connectivity index (χ4v) is 2.90. The van der Waals surface area contributed by atoms with Crippen LogP contribution < -0.4 is 27.4 Å². The Morgan fingerprint density at radius 2 is 1.44 bits per heavy atom. The van der Waals surface area contributed by atoms with Crippen LogP contribution in [-0.4, -0.2) is 75.7 Å². The highest BCUT2D eigenvalue weighted by atomic mass is 16.4. The normalized spacial score (nSPS) is 14.4. The van der Waals surface area contributed by atoms with Gasteiger partial charge >= 0.3 is 5.97 Å². The minimum absolute atomic E-state index is 0.0383. The zero-order chi connectivity index (χ0) is 26.0. The molecule has 0 heterocycles. The number of carbonyl (C=O) groups is 5. The molecule has 0 saturated heterocycles. The Balaban J connectivity index is 2.84. The number of carboxylic acid groups (broad SMARTS) is 1. The van der Waals surface area contributed by atoms with Gasteiger partial charge in [0, 0.05) is 0 Å². The third kappa shape index (κ3) is 9.03. The number of amides is 4. The van der Waals surface area contributed by atoms with Gasteiger partial charge in [-0.2, -0.15) is 0 Å². The first kappa shape index (κ1) is 28.3. The lowest BCUT2D eigenvalue weighted by Gasteiger charge is -2.25. The number of carbonyl (C=O) groups excluding carboxylic acids is 4. The molecule has 1 aromatic carbocycles. The van der Waals surface area contributed by atoms with E-state index in [9.17, 15) is 39.3 Å². The maximum Gasteiger partial charge on any atom is 0.326 e. The van der Waals surface area contributed by atoms with Crippen molar-refractivity contribution in [2.45, 2.75) is 50.9 Å². The Hall–Kier alpha value is -3.71. The largest absolute Gasteiger partial charge is 0.508 e. The lowest BCUT2D eigenvalue weighted by molar-refractivity contribution is -0.143. The molecule has 0 aliphatic rings. The van der Waals surface area contributed by atoms with Gasteiger partial charge in [0.05, 0.1) is 19.1 Å². The molecular formula is C21H31N5O8. The summed E-state index contributed by atoms with van der Waals surface area (Å²) in [6.07, 6.45) is -0.571. The summed E-state index contributed by atoms with van der Waals surface area (Å²) in [7, 11) is 0. The van der Waals surface area contributed by atoms with Gasteiger partial charge in [-0.1, -0.05) is 26.0 Å². The van der Waals surface area contributed by atoms with E-state index in [1.54, 1.807) is 26.0 Å². The van der Waals surface area contributed by atoms with Gasteiger partial charge in [0.2, 0.25) is 23.6 Å². The summed E-state index contributed by atoms with van der Waals surface area (Å²) in [5.41, 5.74) is 11.6. The monoisotopic (exact) mass is 481 g/mol. The fourth-order valence-electron chi connectivity index (χ4n) is 2.90. The van der Waals surface area contributed by atoms with Crippen LogP contribution in [-0.2, 0) is 30.4 Å². The molecule has 4 amide bonds. The molecule has 0 fully saturated rings. The van der Waals surface area contributed by atoms with Crippen molar-refractivity contribution in [1.29, 1.82) is 0 Å². The first-order valence-electron chi connectivity index (χ1n) is 10.4. The van der Waals surface area contributed by atoms with E-state index in [0.717, 1.165) is 0 Å². The first-order valence-corrected chi connectivity index (χ1v) is 10.4. The van der Waals surface area contributed by atoms with Gasteiger partial charge < -0.3 is 42.7 Å². The molecular weight excluding hydrogens is 450 g/mol. The second-order valence-corrected chi connectivity index (χ2v) is 8.02. The van der Waals surface area contributed by atoms with Crippen LogP contribution in [0.2, 0.25) is 0 Å². The van der Waals surface area contributed by atoms with Crippen LogP contribution in [0.3, 0.4) is 0 Å². The average Bonchev–Trinajstić information content (AvgIpc) is 2.75. The standard InChI is InChI=1S/C21H31N5O8/c1-10(2)17(21(33)34)26-19(31)14(8-16(23)29)24-20(32)15(9-27)25-18(30)13(22)7-11-3-5-12(28)6-4-11/h3-6,10,13-15,17,27-28H,7-9,22H2,1-2H3,(H2,23,29)(H,24,32)(H,25,30)(H,26,31)(H,33,34). The highest BCUT2D eigenvalue weighted by molar-refractivity contribution is 5.96. The second-order valence-electron chi connectivity index (χ2n) is 8.02. The lowest BCUT2D eigenvalue weighted by Crippen LogP contribution is -2.59. The van der Waals surface area contributed by atoms with Gasteiger partial charge in [0.25, 0.3) is 0 Å². The molecule has 0 saturated carbocycles. The fraction of sp³-hybridized carbons (Fsp3) is 0.476. The molecule has 1 aromatic rings. The summed E-state index contributed by atoms with van der Waals surface area (Å²) in [5.74, 6) is -5.47. The van der Waals surface area contributed by atoms with Gasteiger partial charge in [-0.05, 0) is 30.0 Å². The average molecular weight is 482 g/mol. The minimum Gasteiger partial charge on any atom is -0.508 e. The number of phenolic OH excluding ortho intramolecular Hbond substituents is 1. The van der Waals surface area contributed by atoms with Crippen LogP contribution in [0.5, 0.6) is 5.75 Å². The summed E-state index contributed by atoms with van der Waals surface area (Å²) in [4.78, 5) is 60.2. The number of nitrogens with one attached hydrogen (secondary N) is 3. The number of phenols is 1. The van der Waals surface area contributed by atoms with Crippen molar-refractivity contribution >= 4 is 29.6 Å². The predicted molar refractivity (Wildman–Crippen MR) is 119 cm³/mol. The van der Waals surface area contributed by atoms with Crippen molar-refractivity contribution in [3.8, 4) is 5.75 Å². The van der Waals surface area contributed by atoms with Crippen molar-refractivity contribution < 1.29 is 39.3 Å². The molecule has 34 heavy (non-hydrogen) atoms. The van der Waals surface area contributed by atoms with Gasteiger partial charge in [-0.3, -0.25) is 19.2 Å². The summed E-state index contributed by atoms with van der Waals surface area (Å²) in [6.45, 7) is 2.26. The Labute approximate surface area is 195 Å². The van der Waals surface area contributed by atoms with Crippen LogP contribution in [0.1, 0.15) is 25.8 Å². The number of aliphatic carboxylic acids is 1. The number of primary amides is 1. The van der Waals surface area contributed by atoms with Gasteiger partial charge in [0.15, 0.2) is 0 Å². The van der Waals surface area contributed by atoms with Crippen molar-refractivity contribution in [3.63, 3.8) is 0 Å². The number of aromatic hydroxyl groups is 1. The van der Waals surface area contributed by atoms with E-state index >= 15 is 0 Å². The first-order chi connectivity index (χ1) is 15.8. The molecule has 10 N–H and O–H groups in total. The predicted octanol–water partition coefficient (Wildman–Crippen LogP) is -2.68. The highest BCUT2D eigenvalue weighted by Crippen LogP contribution is 2.11. The molecule has 0 aliphatic heterocycles. The van der Waals surface area contributed by atoms with Gasteiger partial charge in [0.1, 0.15) is 23.9 Å². The number of nitrogens with two attached hydrogens (primary N) is 2. The number of rotatable bonds is 13. The van der Waals surface area contributed by atoms with E-state index in [-0.39, 0.29) is 12.2 Å². The van der Waals surface area contributed by atoms with Crippen molar-refractivity contribution in [3.05, 3.63) is 29.8 Å². The minimum atomic E-state index is -1.54. The Bertz CT molecular complexity index is 890. The smallest absolute Gasteiger partial charge is 0.326 e. The van der Waals surface area contributed by atoms with E-state index in [4.69, 9.17) is 11.5 Å². The van der Waals surface area contributed by atoms with Crippen LogP contribution in [0.25, 0.3) is 0 Å². The molecule has 188 valence electrons. The molecule has 0 spiro atoms. The molecule has 4 atom stereocenters. The Kier molecular flexibility index (Phi) is 10.9. The van der Waals surface area contributed by atoms with E-state index < -0.39 is 72.7 Å². The van der Waals surface area contributed by atoms with Crippen molar-refractivity contribution in [2.75, 3.05) is 6.61 Å². The molecule has 0 aliphatic carbocycles. The Morgan fingerprint density at radius 1 is 0.912 bits per heavy atom. The quantitative estimate of drug-likeness (QED) is 0.146. The molecule has 13 nitrogen and oxygen atoms in total. The van der Waals surface area contributed by atoms with E-state index in [1.807, 2.05) is 0 Å². The molecule has 0 aromatic heterocycles. The van der Waals surface area contributed by atoms with Crippen molar-refractivity contribution in [1.82, 2.24) is 16.0 Å². The van der Waals surface area contributed by atoms with Gasteiger partial charge in [-0.25, -0.2) is 4.79 Å². The summed E-state index contributed by atoms with van der Waals surface area (Å²) < 4.78 is 0. The van der Waals surface area contributed by atoms with Crippen LogP contribution in [0.4, 0.5) is 0 Å². The van der Waals surface area contributed by atoms with E-state index in [2.05, 4.69) is 16.0 Å². The molecule has 0 radical (unpaired) electrons. The number of benzene rings is 1. The molecule has 13 heteroatoms. The molecule has 4 unspecified atom stereocenters. The maximum atomic E-state index is 12.6. The van der Waals surface area contributed by atoms with E-state index in [0.29, 0.717) is 5.56 Å². The van der Waals surface area contributed by atoms with Crippen LogP contribution >= 0.6 is 0 Å². The van der Waals surface area contributed by atoms with E-state index in [1.165, 1.54) is 12.1 Å². The summed E-state index contributed by atoms with van der Waals surface area (Å²) in [5, 5.41) is 34.8. The third-order valence-electron chi connectivity index (χ3n) is 4.81. The zero-order valence-electron chi connectivity index (χ0n) is 18.9. The lowest BCUT2D eigenvalue weighted by atomic mass is 10.0. The Morgan fingerprint density at radius 3 is 1.91 bits per heavy atom. The number of carboxylic acids is 1. The third-order valence-corrected chi connectivity index (χ3v) is 4.81. The number of aliphatic hydroxyl groups is 1. The highest BCUT2D eigenvalue weighted by Gasteiger charge is 2.32.